The number of nitrogens with zero attached hydrogens (tertiary/aromatic N) is 2. The molecular formula is C68H81BN2O. The van der Waals surface area contributed by atoms with Gasteiger partial charge in [0.2, 0.25) is 0 Å². The summed E-state index contributed by atoms with van der Waals surface area (Å²) in [6, 6.07) is 37.2. The van der Waals surface area contributed by atoms with Crippen LogP contribution in [0, 0.1) is 0 Å². The molecule has 3 nitrogen and oxygen atoms in total. The van der Waals surface area contributed by atoms with E-state index in [9.17, 15) is 0 Å². The zero-order valence-electron chi connectivity index (χ0n) is 47.3. The third-order valence-electron chi connectivity index (χ3n) is 19.5. The van der Waals surface area contributed by atoms with E-state index in [0.717, 1.165) is 17.6 Å². The van der Waals surface area contributed by atoms with Crippen LogP contribution in [0.15, 0.2) is 95.4 Å². The van der Waals surface area contributed by atoms with Crippen molar-refractivity contribution < 1.29 is 4.42 Å². The number of benzene rings is 6. The molecule has 3 aliphatic carbocycles. The van der Waals surface area contributed by atoms with Crippen LogP contribution in [0.2, 0.25) is 0 Å². The minimum absolute atomic E-state index is 0.0113. The van der Waals surface area contributed by atoms with Gasteiger partial charge in [0.15, 0.2) is 0 Å². The van der Waals surface area contributed by atoms with Crippen molar-refractivity contribution in [3.8, 4) is 0 Å². The highest BCUT2D eigenvalue weighted by Gasteiger charge is 2.50. The lowest BCUT2D eigenvalue weighted by atomic mass is 9.32. The second-order valence-electron chi connectivity index (χ2n) is 29.4. The Morgan fingerprint density at radius 2 is 0.889 bits per heavy atom. The van der Waals surface area contributed by atoms with Gasteiger partial charge in [0.05, 0.1) is 11.1 Å². The van der Waals surface area contributed by atoms with Crippen molar-refractivity contribution in [1.82, 2.24) is 0 Å². The van der Waals surface area contributed by atoms with E-state index in [2.05, 4.69) is 225 Å². The minimum Gasteiger partial charge on any atom is -0.456 e. The average Bonchev–Trinajstić information content (AvgIpc) is 3.69. The van der Waals surface area contributed by atoms with Crippen LogP contribution >= 0.6 is 0 Å². The van der Waals surface area contributed by atoms with E-state index < -0.39 is 0 Å². The average molecular weight is 953 g/mol. The molecule has 0 fully saturated rings. The number of para-hydroxylation sites is 1. The number of hydrogen-bond acceptors (Lipinski definition) is 3. The van der Waals surface area contributed by atoms with Crippen molar-refractivity contribution in [2.75, 3.05) is 9.80 Å². The Morgan fingerprint density at radius 3 is 1.40 bits per heavy atom. The third-order valence-corrected chi connectivity index (χ3v) is 19.5. The Bertz CT molecular complexity index is 3460. The minimum atomic E-state index is -0.141. The fraction of sp³-hybridized carbons (Fsp3) is 0.471. The maximum absolute atomic E-state index is 7.08. The van der Waals surface area contributed by atoms with Gasteiger partial charge in [-0.25, -0.2) is 0 Å². The first-order valence-electron chi connectivity index (χ1n) is 27.7. The van der Waals surface area contributed by atoms with Crippen LogP contribution in [0.3, 0.4) is 0 Å². The first kappa shape index (κ1) is 47.8. The van der Waals surface area contributed by atoms with Crippen molar-refractivity contribution in [3.63, 3.8) is 0 Å². The largest absolute Gasteiger partial charge is 0.456 e. The van der Waals surface area contributed by atoms with E-state index >= 15 is 0 Å². The highest BCUT2D eigenvalue weighted by Crippen LogP contribution is 2.56. The second-order valence-corrected chi connectivity index (χ2v) is 29.4. The zero-order chi connectivity index (χ0) is 51.4. The predicted octanol–water partition coefficient (Wildman–Crippen LogP) is 17.3. The predicted molar refractivity (Wildman–Crippen MR) is 311 cm³/mol. The van der Waals surface area contributed by atoms with Crippen molar-refractivity contribution in [2.45, 2.75) is 206 Å². The van der Waals surface area contributed by atoms with Crippen LogP contribution in [0.5, 0.6) is 0 Å². The quantitative estimate of drug-likeness (QED) is 0.161. The molecular weight excluding hydrogens is 872 g/mol. The number of anilines is 6. The van der Waals surface area contributed by atoms with Gasteiger partial charge in [0, 0.05) is 39.4 Å². The van der Waals surface area contributed by atoms with Gasteiger partial charge in [-0.2, -0.15) is 0 Å². The van der Waals surface area contributed by atoms with Gasteiger partial charge in [0.1, 0.15) is 11.2 Å². The Morgan fingerprint density at radius 1 is 0.431 bits per heavy atom. The first-order chi connectivity index (χ1) is 33.4. The molecule has 0 unspecified atom stereocenters. The SMILES string of the molecule is CC(C)(C)c1cc2c3c(c1)N(c1ccc(C(C)(C)C)c4oc5ccccc5c14)c1cc4c(cc1B3c1cc3c(cc1N2c1ccc2c(c1)C(C)(C)CCC2(C)C)C(C)(C)CCC3(C)C)C(C)(C)CCC4(C)C. The lowest BCUT2D eigenvalue weighted by Gasteiger charge is -2.49. The summed E-state index contributed by atoms with van der Waals surface area (Å²) in [5.41, 5.74) is 25.5. The standard InChI is InChI=1S/C68H81BN2O/c1-61(2,3)40-33-55-59-56(34-40)71(52-26-25-44(62(4,5)6)60-58(52)42-21-19-20-22-57(42)72-60)54-39-49-47(66(13,14)30-32-68(49,17)18)37-51(54)69(59)50-36-46-48(67(15,16)31-29-65(46,11)12)38-53(50)70(55)41-23-24-43-45(35-41)64(9,10)28-27-63(43,7)8/h19-26,33-39H,27-32H2,1-18H3. The van der Waals surface area contributed by atoms with E-state index in [1.807, 2.05) is 0 Å². The Balaban J connectivity index is 1.27. The van der Waals surface area contributed by atoms with Crippen molar-refractivity contribution in [1.29, 1.82) is 0 Å². The molecule has 0 bridgehead atoms. The molecule has 2 aliphatic heterocycles. The fourth-order valence-corrected chi connectivity index (χ4v) is 14.4. The van der Waals surface area contributed by atoms with Crippen LogP contribution in [0.1, 0.15) is 208 Å². The topological polar surface area (TPSA) is 19.6 Å². The number of furan rings is 1. The molecule has 12 rings (SSSR count). The van der Waals surface area contributed by atoms with Gasteiger partial charge in [0.25, 0.3) is 6.71 Å². The molecule has 0 spiro atoms. The van der Waals surface area contributed by atoms with E-state index in [4.69, 9.17) is 4.42 Å². The summed E-state index contributed by atoms with van der Waals surface area (Å²) >= 11 is 0. The summed E-state index contributed by atoms with van der Waals surface area (Å²) in [4.78, 5) is 5.47. The molecule has 6 aromatic carbocycles. The van der Waals surface area contributed by atoms with E-state index in [1.165, 1.54) is 138 Å². The maximum Gasteiger partial charge on any atom is 0.252 e. The highest BCUT2D eigenvalue weighted by atomic mass is 16.3. The van der Waals surface area contributed by atoms with Crippen LogP contribution in [0.25, 0.3) is 21.9 Å². The summed E-state index contributed by atoms with van der Waals surface area (Å²) in [5, 5.41) is 2.36. The molecule has 3 heterocycles. The molecule has 372 valence electrons. The number of rotatable bonds is 2. The van der Waals surface area contributed by atoms with Gasteiger partial charge in [-0.3, -0.25) is 0 Å². The molecule has 72 heavy (non-hydrogen) atoms. The van der Waals surface area contributed by atoms with Gasteiger partial charge < -0.3 is 14.2 Å². The van der Waals surface area contributed by atoms with Crippen LogP contribution < -0.4 is 26.2 Å². The second kappa shape index (κ2) is 14.8. The molecule has 0 N–H and O–H groups in total. The third kappa shape index (κ3) is 6.81. The molecule has 0 saturated carbocycles. The Kier molecular flexibility index (Phi) is 9.79. The van der Waals surface area contributed by atoms with Crippen molar-refractivity contribution >= 4 is 79.2 Å². The van der Waals surface area contributed by atoms with Crippen molar-refractivity contribution in [3.05, 3.63) is 136 Å². The molecule has 0 radical (unpaired) electrons. The van der Waals surface area contributed by atoms with Gasteiger partial charge in [-0.15, -0.1) is 0 Å². The van der Waals surface area contributed by atoms with Crippen molar-refractivity contribution in [2.24, 2.45) is 0 Å². The smallest absolute Gasteiger partial charge is 0.252 e. The summed E-state index contributed by atoms with van der Waals surface area (Å²) in [5.74, 6) is 0. The number of fused-ring (bicyclic) bond motifs is 10. The van der Waals surface area contributed by atoms with Gasteiger partial charge in [-0.05, 0) is 186 Å². The Hall–Kier alpha value is -5.22. The van der Waals surface area contributed by atoms with Gasteiger partial charge >= 0.3 is 0 Å². The summed E-state index contributed by atoms with van der Waals surface area (Å²) in [6.07, 6.45) is 7.04. The van der Waals surface area contributed by atoms with Crippen LogP contribution in [-0.2, 0) is 43.3 Å². The maximum atomic E-state index is 7.08. The summed E-state index contributed by atoms with van der Waals surface area (Å²) in [6.45, 7) is 44.1. The Labute approximate surface area is 433 Å². The molecule has 1 aromatic heterocycles. The summed E-state index contributed by atoms with van der Waals surface area (Å²) in [7, 11) is 0. The highest BCUT2D eigenvalue weighted by molar-refractivity contribution is 7.00. The van der Waals surface area contributed by atoms with E-state index in [-0.39, 0.29) is 50.0 Å². The fourth-order valence-electron chi connectivity index (χ4n) is 14.4. The van der Waals surface area contributed by atoms with Crippen LogP contribution in [-0.4, -0.2) is 6.71 Å². The molecule has 0 saturated heterocycles. The number of hydrogen-bond donors (Lipinski definition) is 0. The zero-order valence-corrected chi connectivity index (χ0v) is 47.3. The van der Waals surface area contributed by atoms with Crippen LogP contribution in [0.4, 0.5) is 34.1 Å². The lowest BCUT2D eigenvalue weighted by Crippen LogP contribution is -2.62. The first-order valence-corrected chi connectivity index (χ1v) is 27.7. The molecule has 0 amide bonds. The van der Waals surface area contributed by atoms with E-state index in [1.54, 1.807) is 0 Å². The lowest BCUT2D eigenvalue weighted by molar-refractivity contribution is 0.332. The van der Waals surface area contributed by atoms with Gasteiger partial charge in [-0.1, -0.05) is 167 Å². The van der Waals surface area contributed by atoms with E-state index in [0.29, 0.717) is 0 Å². The monoisotopic (exact) mass is 953 g/mol. The molecule has 7 aromatic rings. The molecule has 4 heteroatoms. The normalized spacial score (nSPS) is 20.6. The molecule has 5 aliphatic rings. The summed E-state index contributed by atoms with van der Waals surface area (Å²) < 4.78 is 7.08. The molecule has 0 atom stereocenters.